The van der Waals surface area contributed by atoms with Crippen LogP contribution in [0.1, 0.15) is 25.0 Å². The van der Waals surface area contributed by atoms with Crippen LogP contribution in [0, 0.1) is 0 Å². The lowest BCUT2D eigenvalue weighted by molar-refractivity contribution is -0.121. The Balaban J connectivity index is 0.00000324. The van der Waals surface area contributed by atoms with E-state index in [2.05, 4.69) is 5.32 Å². The zero-order chi connectivity index (χ0) is 13.7. The van der Waals surface area contributed by atoms with Crippen molar-refractivity contribution in [1.29, 1.82) is 0 Å². The quantitative estimate of drug-likeness (QED) is 0.777. The summed E-state index contributed by atoms with van der Waals surface area (Å²) in [6.07, 6.45) is -0.624. The number of carbonyl (C=O) groups is 1. The minimum absolute atomic E-state index is 0. The number of amides is 1. The van der Waals surface area contributed by atoms with Gasteiger partial charge in [0.05, 0.1) is 6.10 Å². The van der Waals surface area contributed by atoms with Gasteiger partial charge in [-0.25, -0.2) is 0 Å². The second kappa shape index (κ2) is 8.61. The topological polar surface area (TPSA) is 75.4 Å². The van der Waals surface area contributed by atoms with Gasteiger partial charge in [-0.3, -0.25) is 4.79 Å². The third-order valence-corrected chi connectivity index (χ3v) is 2.71. The van der Waals surface area contributed by atoms with Gasteiger partial charge in [-0.15, -0.1) is 12.4 Å². The molecule has 0 bridgehead atoms. The summed E-state index contributed by atoms with van der Waals surface area (Å²) in [5.74, 6) is -0.197. The van der Waals surface area contributed by atoms with Gasteiger partial charge in [0, 0.05) is 29.1 Å². The molecule has 0 heterocycles. The van der Waals surface area contributed by atoms with Crippen LogP contribution in [-0.4, -0.2) is 23.6 Å². The van der Waals surface area contributed by atoms with Gasteiger partial charge in [0.1, 0.15) is 0 Å². The third kappa shape index (κ3) is 6.99. The minimum atomic E-state index is -0.849. The van der Waals surface area contributed by atoms with E-state index in [0.29, 0.717) is 15.6 Å². The van der Waals surface area contributed by atoms with Crippen LogP contribution in [0.4, 0.5) is 0 Å². The number of benzene rings is 1. The molecule has 2 unspecified atom stereocenters. The average molecular weight is 328 g/mol. The summed E-state index contributed by atoms with van der Waals surface area (Å²) in [6, 6.07) is 4.59. The lowest BCUT2D eigenvalue weighted by atomic mass is 10.1. The summed E-state index contributed by atoms with van der Waals surface area (Å²) in [5, 5.41) is 13.4. The summed E-state index contributed by atoms with van der Waals surface area (Å²) in [7, 11) is 0. The smallest absolute Gasteiger partial charge is 0.221 e. The van der Waals surface area contributed by atoms with E-state index in [4.69, 9.17) is 28.9 Å². The first-order valence-electron chi connectivity index (χ1n) is 5.55. The van der Waals surface area contributed by atoms with Crippen LogP contribution in [0.25, 0.3) is 0 Å². The van der Waals surface area contributed by atoms with Gasteiger partial charge in [0.25, 0.3) is 0 Å². The average Bonchev–Trinajstić information content (AvgIpc) is 2.23. The van der Waals surface area contributed by atoms with Gasteiger partial charge < -0.3 is 16.2 Å². The third-order valence-electron chi connectivity index (χ3n) is 2.27. The van der Waals surface area contributed by atoms with Crippen molar-refractivity contribution in [3.63, 3.8) is 0 Å². The highest BCUT2D eigenvalue weighted by Crippen LogP contribution is 2.23. The molecule has 0 saturated heterocycles. The van der Waals surface area contributed by atoms with Crippen molar-refractivity contribution in [3.05, 3.63) is 33.8 Å². The van der Waals surface area contributed by atoms with Crippen LogP contribution in [0.15, 0.2) is 18.2 Å². The van der Waals surface area contributed by atoms with Gasteiger partial charge in [-0.1, -0.05) is 23.2 Å². The Morgan fingerprint density at radius 2 is 1.89 bits per heavy atom. The summed E-state index contributed by atoms with van der Waals surface area (Å²) >= 11 is 11.7. The zero-order valence-electron chi connectivity index (χ0n) is 10.4. The Morgan fingerprint density at radius 1 is 1.37 bits per heavy atom. The maximum atomic E-state index is 11.4. The summed E-state index contributed by atoms with van der Waals surface area (Å²) in [5.41, 5.74) is 6.06. The maximum absolute atomic E-state index is 11.4. The molecule has 0 fully saturated rings. The number of halogens is 3. The van der Waals surface area contributed by atoms with Crippen molar-refractivity contribution < 1.29 is 9.90 Å². The second-order valence-electron chi connectivity index (χ2n) is 4.20. The standard InChI is InChI=1S/C12H16Cl2N2O2.ClH/c1-7(15)2-12(18)16-6-11(17)8-3-9(13)5-10(14)4-8;/h3-5,7,11,17H,2,6,15H2,1H3,(H,16,18);1H. The second-order valence-corrected chi connectivity index (χ2v) is 5.08. The predicted molar refractivity (Wildman–Crippen MR) is 79.9 cm³/mol. The molecule has 0 radical (unpaired) electrons. The molecular weight excluding hydrogens is 311 g/mol. The van der Waals surface area contributed by atoms with E-state index in [-0.39, 0.29) is 37.3 Å². The number of nitrogens with two attached hydrogens (primary N) is 1. The normalized spacial score (nSPS) is 13.3. The van der Waals surface area contributed by atoms with E-state index < -0.39 is 6.10 Å². The Labute approximate surface area is 128 Å². The molecule has 4 nitrogen and oxygen atoms in total. The van der Waals surface area contributed by atoms with Crippen LogP contribution < -0.4 is 11.1 Å². The fourth-order valence-electron chi connectivity index (χ4n) is 1.46. The summed E-state index contributed by atoms with van der Waals surface area (Å²) < 4.78 is 0. The van der Waals surface area contributed by atoms with Gasteiger partial charge in [-0.05, 0) is 30.7 Å². The fraction of sp³-hybridized carbons (Fsp3) is 0.417. The number of carbonyl (C=O) groups excluding carboxylic acids is 1. The molecule has 1 rings (SSSR count). The monoisotopic (exact) mass is 326 g/mol. The highest BCUT2D eigenvalue weighted by Gasteiger charge is 2.11. The number of aliphatic hydroxyl groups is 1. The highest BCUT2D eigenvalue weighted by molar-refractivity contribution is 6.34. The minimum Gasteiger partial charge on any atom is -0.387 e. The first-order chi connectivity index (χ1) is 8.38. The molecular formula is C12H17Cl3N2O2. The molecule has 0 saturated carbocycles. The Bertz CT molecular complexity index is 407. The lowest BCUT2D eigenvalue weighted by Gasteiger charge is -2.13. The number of aliphatic hydroxyl groups excluding tert-OH is 1. The van der Waals surface area contributed by atoms with Crippen molar-refractivity contribution in [2.75, 3.05) is 6.54 Å². The first kappa shape index (κ1) is 18.5. The number of hydrogen-bond donors (Lipinski definition) is 3. The van der Waals surface area contributed by atoms with Crippen LogP contribution >= 0.6 is 35.6 Å². The molecule has 1 amide bonds. The molecule has 2 atom stereocenters. The van der Waals surface area contributed by atoms with E-state index in [1.54, 1.807) is 25.1 Å². The predicted octanol–water partition coefficient (Wildman–Crippen LogP) is 2.30. The SMILES string of the molecule is CC(N)CC(=O)NCC(O)c1cc(Cl)cc(Cl)c1.Cl. The van der Waals surface area contributed by atoms with E-state index >= 15 is 0 Å². The number of nitrogens with one attached hydrogen (secondary N) is 1. The molecule has 0 spiro atoms. The maximum Gasteiger partial charge on any atom is 0.221 e. The molecule has 1 aromatic carbocycles. The molecule has 0 aliphatic heterocycles. The van der Waals surface area contributed by atoms with E-state index in [9.17, 15) is 9.90 Å². The van der Waals surface area contributed by atoms with Crippen molar-refractivity contribution in [2.45, 2.75) is 25.5 Å². The highest BCUT2D eigenvalue weighted by atomic mass is 35.5. The van der Waals surface area contributed by atoms with Crippen LogP contribution in [0.5, 0.6) is 0 Å². The van der Waals surface area contributed by atoms with E-state index in [1.165, 1.54) is 0 Å². The van der Waals surface area contributed by atoms with Crippen LogP contribution in [0.2, 0.25) is 10.0 Å². The van der Waals surface area contributed by atoms with Crippen LogP contribution in [0.3, 0.4) is 0 Å². The zero-order valence-corrected chi connectivity index (χ0v) is 12.7. The van der Waals surface area contributed by atoms with Crippen molar-refractivity contribution >= 4 is 41.5 Å². The van der Waals surface area contributed by atoms with E-state index in [1.807, 2.05) is 0 Å². The lowest BCUT2D eigenvalue weighted by Crippen LogP contribution is -2.32. The Hall–Kier alpha value is -0.520. The molecule has 0 aliphatic carbocycles. The Morgan fingerprint density at radius 3 is 2.37 bits per heavy atom. The van der Waals surface area contributed by atoms with Crippen molar-refractivity contribution in [2.24, 2.45) is 5.73 Å². The molecule has 0 aromatic heterocycles. The molecule has 4 N–H and O–H groups in total. The molecule has 0 aliphatic rings. The summed E-state index contributed by atoms with van der Waals surface area (Å²) in [6.45, 7) is 1.84. The number of hydrogen-bond acceptors (Lipinski definition) is 3. The van der Waals surface area contributed by atoms with Gasteiger partial charge in [0.15, 0.2) is 0 Å². The fourth-order valence-corrected chi connectivity index (χ4v) is 2.00. The molecule has 108 valence electrons. The summed E-state index contributed by atoms with van der Waals surface area (Å²) in [4.78, 5) is 11.4. The van der Waals surface area contributed by atoms with E-state index in [0.717, 1.165) is 0 Å². The Kier molecular flexibility index (Phi) is 8.38. The van der Waals surface area contributed by atoms with Gasteiger partial charge >= 0.3 is 0 Å². The van der Waals surface area contributed by atoms with Crippen molar-refractivity contribution in [3.8, 4) is 0 Å². The number of rotatable bonds is 5. The first-order valence-corrected chi connectivity index (χ1v) is 6.30. The van der Waals surface area contributed by atoms with Crippen molar-refractivity contribution in [1.82, 2.24) is 5.32 Å². The van der Waals surface area contributed by atoms with Gasteiger partial charge in [-0.2, -0.15) is 0 Å². The largest absolute Gasteiger partial charge is 0.387 e. The van der Waals surface area contributed by atoms with Crippen LogP contribution in [-0.2, 0) is 4.79 Å². The molecule has 7 heteroatoms. The molecule has 1 aromatic rings. The van der Waals surface area contributed by atoms with Gasteiger partial charge in [0.2, 0.25) is 5.91 Å². The molecule has 19 heavy (non-hydrogen) atoms.